The predicted octanol–water partition coefficient (Wildman–Crippen LogP) is 2.62. The summed E-state index contributed by atoms with van der Waals surface area (Å²) in [6.45, 7) is 0. The first-order valence-electron chi connectivity index (χ1n) is 7.41. The summed E-state index contributed by atoms with van der Waals surface area (Å²) in [5.41, 5.74) is 7.41. The SMILES string of the molecule is N[C@@H](Cc1c[nH]c2cc(Cl)ccc12)C(=O)OS(=O)(=O)c1ccccc1. The molecular weight excluding hydrogens is 364 g/mol. The monoisotopic (exact) mass is 378 g/mol. The predicted molar refractivity (Wildman–Crippen MR) is 94.7 cm³/mol. The second-order valence-corrected chi connectivity index (χ2v) is 7.47. The molecule has 0 saturated heterocycles. The van der Waals surface area contributed by atoms with E-state index in [0.29, 0.717) is 5.02 Å². The average molecular weight is 379 g/mol. The van der Waals surface area contributed by atoms with Gasteiger partial charge in [-0.2, -0.15) is 8.42 Å². The molecule has 2 aromatic carbocycles. The molecule has 3 aromatic rings. The van der Waals surface area contributed by atoms with Crippen LogP contribution in [0.1, 0.15) is 5.56 Å². The normalized spacial score (nSPS) is 12.9. The summed E-state index contributed by atoms with van der Waals surface area (Å²) in [7, 11) is -4.19. The first kappa shape index (κ1) is 17.5. The molecule has 130 valence electrons. The molecule has 0 saturated carbocycles. The van der Waals surface area contributed by atoms with E-state index in [1.54, 1.807) is 24.4 Å². The molecule has 0 aliphatic rings. The van der Waals surface area contributed by atoms with Crippen LogP contribution in [0.5, 0.6) is 0 Å². The third-order valence-electron chi connectivity index (χ3n) is 3.70. The zero-order valence-corrected chi connectivity index (χ0v) is 14.5. The molecule has 0 aliphatic heterocycles. The molecule has 0 amide bonds. The van der Waals surface area contributed by atoms with Gasteiger partial charge in [0.1, 0.15) is 10.9 Å². The lowest BCUT2D eigenvalue weighted by molar-refractivity contribution is -0.135. The van der Waals surface area contributed by atoms with E-state index in [1.807, 2.05) is 6.07 Å². The second kappa shape index (κ2) is 6.87. The number of halogens is 1. The summed E-state index contributed by atoms with van der Waals surface area (Å²) in [5.74, 6) is -1.01. The van der Waals surface area contributed by atoms with Crippen molar-refractivity contribution < 1.29 is 17.4 Å². The maximum absolute atomic E-state index is 12.1. The minimum absolute atomic E-state index is 0.0997. The summed E-state index contributed by atoms with van der Waals surface area (Å²) < 4.78 is 28.8. The average Bonchev–Trinajstić information content (AvgIpc) is 2.97. The first-order chi connectivity index (χ1) is 11.9. The Labute approximate surface area is 149 Å². The quantitative estimate of drug-likeness (QED) is 0.664. The Morgan fingerprint density at radius 2 is 1.92 bits per heavy atom. The standard InChI is InChI=1S/C17H15ClN2O4S/c18-12-6-7-14-11(10-20-16(14)9-12)8-15(19)17(21)24-25(22,23)13-4-2-1-3-5-13/h1-7,9-10,15,20H,8,19H2/t15-/m0/s1. The van der Waals surface area contributed by atoms with Crippen LogP contribution < -0.4 is 5.73 Å². The highest BCUT2D eigenvalue weighted by Gasteiger charge is 2.25. The fourth-order valence-electron chi connectivity index (χ4n) is 2.45. The fraction of sp³-hybridized carbons (Fsp3) is 0.118. The summed E-state index contributed by atoms with van der Waals surface area (Å²) in [4.78, 5) is 15.0. The maximum Gasteiger partial charge on any atom is 0.341 e. The van der Waals surface area contributed by atoms with Gasteiger partial charge in [-0.05, 0) is 29.8 Å². The zero-order chi connectivity index (χ0) is 18.0. The molecule has 1 atom stereocenters. The number of nitrogens with two attached hydrogens (primary N) is 1. The van der Waals surface area contributed by atoms with Crippen LogP contribution >= 0.6 is 11.6 Å². The number of H-pyrrole nitrogens is 1. The summed E-state index contributed by atoms with van der Waals surface area (Å²) in [5, 5.41) is 1.44. The molecule has 3 rings (SSSR count). The van der Waals surface area contributed by atoms with E-state index in [0.717, 1.165) is 16.5 Å². The van der Waals surface area contributed by atoms with Crippen molar-refractivity contribution in [2.45, 2.75) is 17.4 Å². The van der Waals surface area contributed by atoms with Crippen molar-refractivity contribution >= 4 is 38.6 Å². The van der Waals surface area contributed by atoms with E-state index in [2.05, 4.69) is 9.17 Å². The van der Waals surface area contributed by atoms with Crippen molar-refractivity contribution in [3.05, 3.63) is 65.3 Å². The highest BCUT2D eigenvalue weighted by atomic mass is 35.5. The van der Waals surface area contributed by atoms with Gasteiger partial charge in [0.25, 0.3) is 0 Å². The van der Waals surface area contributed by atoms with Gasteiger partial charge < -0.3 is 14.9 Å². The Morgan fingerprint density at radius 3 is 2.64 bits per heavy atom. The van der Waals surface area contributed by atoms with Crippen LogP contribution in [0.25, 0.3) is 10.9 Å². The van der Waals surface area contributed by atoms with Gasteiger partial charge in [0.2, 0.25) is 0 Å². The smallest absolute Gasteiger partial charge is 0.341 e. The van der Waals surface area contributed by atoms with Crippen molar-refractivity contribution in [3.63, 3.8) is 0 Å². The lowest BCUT2D eigenvalue weighted by Gasteiger charge is -2.11. The Balaban J connectivity index is 1.74. The molecule has 0 spiro atoms. The number of fused-ring (bicyclic) bond motifs is 1. The molecule has 1 heterocycles. The summed E-state index contributed by atoms with van der Waals surface area (Å²) >= 11 is 5.93. The van der Waals surface area contributed by atoms with Gasteiger partial charge in [-0.1, -0.05) is 35.9 Å². The summed E-state index contributed by atoms with van der Waals surface area (Å²) in [6.07, 6.45) is 1.84. The van der Waals surface area contributed by atoms with Crippen molar-refractivity contribution in [2.75, 3.05) is 0 Å². The molecule has 8 heteroatoms. The van der Waals surface area contributed by atoms with E-state index < -0.39 is 22.1 Å². The lowest BCUT2D eigenvalue weighted by atomic mass is 10.1. The van der Waals surface area contributed by atoms with Crippen LogP contribution in [0.3, 0.4) is 0 Å². The van der Waals surface area contributed by atoms with Crippen LogP contribution in [0.2, 0.25) is 5.02 Å². The third-order valence-corrected chi connectivity index (χ3v) is 5.16. The molecule has 3 N–H and O–H groups in total. The second-order valence-electron chi connectivity index (χ2n) is 5.48. The van der Waals surface area contributed by atoms with Gasteiger partial charge in [-0.3, -0.25) is 0 Å². The van der Waals surface area contributed by atoms with Gasteiger partial charge in [0, 0.05) is 28.5 Å². The minimum Gasteiger partial charge on any atom is -0.361 e. The van der Waals surface area contributed by atoms with Crippen molar-refractivity contribution in [1.29, 1.82) is 0 Å². The molecule has 0 unspecified atom stereocenters. The van der Waals surface area contributed by atoms with E-state index >= 15 is 0 Å². The number of aromatic nitrogens is 1. The van der Waals surface area contributed by atoms with Gasteiger partial charge in [-0.25, -0.2) is 4.79 Å². The van der Waals surface area contributed by atoms with Crippen LogP contribution in [-0.4, -0.2) is 25.4 Å². The highest BCUT2D eigenvalue weighted by Crippen LogP contribution is 2.23. The van der Waals surface area contributed by atoms with Gasteiger partial charge in [0.05, 0.1) is 0 Å². The molecule has 0 fully saturated rings. The van der Waals surface area contributed by atoms with Gasteiger partial charge in [-0.15, -0.1) is 0 Å². The van der Waals surface area contributed by atoms with Crippen LogP contribution in [0.4, 0.5) is 0 Å². The van der Waals surface area contributed by atoms with Crippen molar-refractivity contribution in [2.24, 2.45) is 5.73 Å². The van der Waals surface area contributed by atoms with Crippen LogP contribution in [0, 0.1) is 0 Å². The topological polar surface area (TPSA) is 102 Å². The Bertz CT molecular complexity index is 1020. The van der Waals surface area contributed by atoms with E-state index in [1.165, 1.54) is 24.3 Å². The fourth-order valence-corrected chi connectivity index (χ4v) is 3.55. The zero-order valence-electron chi connectivity index (χ0n) is 13.0. The van der Waals surface area contributed by atoms with Gasteiger partial charge >= 0.3 is 16.1 Å². The van der Waals surface area contributed by atoms with E-state index in [4.69, 9.17) is 17.3 Å². The molecule has 1 aromatic heterocycles. The lowest BCUT2D eigenvalue weighted by Crippen LogP contribution is -2.35. The molecule has 0 aliphatic carbocycles. The number of rotatable bonds is 5. The number of carbonyl (C=O) groups excluding carboxylic acids is 1. The minimum atomic E-state index is -4.19. The number of benzene rings is 2. The van der Waals surface area contributed by atoms with Crippen molar-refractivity contribution in [3.8, 4) is 0 Å². The molecule has 6 nitrogen and oxygen atoms in total. The van der Waals surface area contributed by atoms with E-state index in [9.17, 15) is 13.2 Å². The summed E-state index contributed by atoms with van der Waals surface area (Å²) in [6, 6.07) is 11.6. The number of hydrogen-bond acceptors (Lipinski definition) is 5. The number of nitrogens with one attached hydrogen (secondary N) is 1. The molecule has 0 bridgehead atoms. The number of hydrogen-bond donors (Lipinski definition) is 2. The molecular formula is C17H15ClN2O4S. The Kier molecular flexibility index (Phi) is 4.80. The maximum atomic E-state index is 12.1. The van der Waals surface area contributed by atoms with Crippen LogP contribution in [-0.2, 0) is 25.5 Å². The third kappa shape index (κ3) is 3.84. The first-order valence-corrected chi connectivity index (χ1v) is 9.20. The highest BCUT2D eigenvalue weighted by molar-refractivity contribution is 7.87. The number of aromatic amines is 1. The Hall–Kier alpha value is -2.35. The molecule has 25 heavy (non-hydrogen) atoms. The van der Waals surface area contributed by atoms with Crippen molar-refractivity contribution in [1.82, 2.24) is 4.98 Å². The molecule has 0 radical (unpaired) electrons. The van der Waals surface area contributed by atoms with Crippen LogP contribution in [0.15, 0.2) is 59.6 Å². The van der Waals surface area contributed by atoms with Gasteiger partial charge in [0.15, 0.2) is 0 Å². The largest absolute Gasteiger partial charge is 0.361 e. The van der Waals surface area contributed by atoms with E-state index in [-0.39, 0.29) is 11.3 Å². The number of carbonyl (C=O) groups is 1. The Morgan fingerprint density at radius 1 is 1.20 bits per heavy atom.